The zero-order chi connectivity index (χ0) is 15.5. The third kappa shape index (κ3) is 3.59. The number of nitrogens with zero attached hydrogens (tertiary/aromatic N) is 1. The molecule has 1 aromatic rings. The molecule has 21 heavy (non-hydrogen) atoms. The largest absolute Gasteiger partial charge is 0.466 e. The number of piperidine rings is 1. The topological polar surface area (TPSA) is 63.7 Å². The molecular formula is C14H18FNO4S. The molecule has 1 aromatic carbocycles. The number of carbonyl (C=O) groups is 1. The highest BCUT2D eigenvalue weighted by Crippen LogP contribution is 2.24. The summed E-state index contributed by atoms with van der Waals surface area (Å²) in [5.74, 6) is -1.12. The lowest BCUT2D eigenvalue weighted by molar-refractivity contribution is -0.149. The Bertz CT molecular complexity index is 609. The molecule has 1 heterocycles. The highest BCUT2D eigenvalue weighted by molar-refractivity contribution is 7.89. The van der Waals surface area contributed by atoms with Gasteiger partial charge in [-0.1, -0.05) is 6.07 Å². The zero-order valence-corrected chi connectivity index (χ0v) is 12.6. The van der Waals surface area contributed by atoms with Crippen molar-refractivity contribution in [3.05, 3.63) is 30.1 Å². The van der Waals surface area contributed by atoms with Gasteiger partial charge >= 0.3 is 5.97 Å². The van der Waals surface area contributed by atoms with Crippen LogP contribution in [-0.2, 0) is 19.6 Å². The number of hydrogen-bond acceptors (Lipinski definition) is 4. The molecular weight excluding hydrogens is 297 g/mol. The molecule has 1 aliphatic rings. The molecule has 2 rings (SSSR count). The Morgan fingerprint density at radius 3 is 2.62 bits per heavy atom. The summed E-state index contributed by atoms with van der Waals surface area (Å²) in [4.78, 5) is 11.6. The van der Waals surface area contributed by atoms with Crippen LogP contribution in [0, 0.1) is 11.7 Å². The second-order valence-corrected chi connectivity index (χ2v) is 6.83. The van der Waals surface area contributed by atoms with Gasteiger partial charge in [0.05, 0.1) is 17.4 Å². The van der Waals surface area contributed by atoms with Crippen LogP contribution in [0.3, 0.4) is 0 Å². The highest BCUT2D eigenvalue weighted by atomic mass is 32.2. The van der Waals surface area contributed by atoms with Gasteiger partial charge in [0.1, 0.15) is 5.82 Å². The minimum atomic E-state index is -3.70. The van der Waals surface area contributed by atoms with Crippen LogP contribution in [0.5, 0.6) is 0 Å². The van der Waals surface area contributed by atoms with E-state index in [-0.39, 0.29) is 29.9 Å². The van der Waals surface area contributed by atoms with Crippen LogP contribution in [0.1, 0.15) is 19.8 Å². The number of sulfonamides is 1. The van der Waals surface area contributed by atoms with E-state index in [2.05, 4.69) is 0 Å². The molecule has 0 aliphatic carbocycles. The molecule has 0 radical (unpaired) electrons. The zero-order valence-electron chi connectivity index (χ0n) is 11.8. The molecule has 116 valence electrons. The van der Waals surface area contributed by atoms with Gasteiger partial charge in [0.25, 0.3) is 0 Å². The maximum absolute atomic E-state index is 13.2. The smallest absolute Gasteiger partial charge is 0.309 e. The first kappa shape index (κ1) is 15.9. The lowest BCUT2D eigenvalue weighted by Gasteiger charge is -2.30. The summed E-state index contributed by atoms with van der Waals surface area (Å²) in [6, 6.07) is 4.95. The first-order chi connectivity index (χ1) is 9.95. The van der Waals surface area contributed by atoms with E-state index < -0.39 is 15.8 Å². The predicted octanol–water partition coefficient (Wildman–Crippen LogP) is 1.79. The second kappa shape index (κ2) is 6.53. The van der Waals surface area contributed by atoms with E-state index in [1.807, 2.05) is 0 Å². The Hall–Kier alpha value is -1.47. The van der Waals surface area contributed by atoms with E-state index in [1.54, 1.807) is 6.92 Å². The van der Waals surface area contributed by atoms with Crippen molar-refractivity contribution in [1.29, 1.82) is 0 Å². The van der Waals surface area contributed by atoms with Crippen molar-refractivity contribution in [2.45, 2.75) is 24.7 Å². The van der Waals surface area contributed by atoms with E-state index >= 15 is 0 Å². The van der Waals surface area contributed by atoms with E-state index in [9.17, 15) is 17.6 Å². The van der Waals surface area contributed by atoms with Gasteiger partial charge < -0.3 is 4.74 Å². The fourth-order valence-electron chi connectivity index (χ4n) is 2.37. The lowest BCUT2D eigenvalue weighted by atomic mass is 9.98. The Labute approximate surface area is 123 Å². The molecule has 1 saturated heterocycles. The molecule has 1 aliphatic heterocycles. The van der Waals surface area contributed by atoms with E-state index in [0.717, 1.165) is 6.07 Å². The molecule has 0 spiro atoms. The van der Waals surface area contributed by atoms with E-state index in [4.69, 9.17) is 4.74 Å². The van der Waals surface area contributed by atoms with E-state index in [1.165, 1.54) is 22.5 Å². The number of esters is 1. The van der Waals surface area contributed by atoms with Crippen molar-refractivity contribution < 1.29 is 22.3 Å². The minimum absolute atomic E-state index is 0.0583. The summed E-state index contributed by atoms with van der Waals surface area (Å²) in [7, 11) is -3.70. The molecule has 1 fully saturated rings. The van der Waals surface area contributed by atoms with Crippen LogP contribution in [0.15, 0.2) is 29.2 Å². The Morgan fingerprint density at radius 2 is 2.05 bits per heavy atom. The van der Waals surface area contributed by atoms with Crippen molar-refractivity contribution in [3.63, 3.8) is 0 Å². The predicted molar refractivity (Wildman–Crippen MR) is 74.5 cm³/mol. The summed E-state index contributed by atoms with van der Waals surface area (Å²) in [6.45, 7) is 2.53. The lowest BCUT2D eigenvalue weighted by Crippen LogP contribution is -2.40. The number of halogens is 1. The standard InChI is InChI=1S/C14H18FNO4S/c1-2-20-14(17)11-6-8-16(9-7-11)21(18,19)13-5-3-4-12(15)10-13/h3-5,10-11H,2,6-9H2,1H3. The monoisotopic (exact) mass is 315 g/mol. The quantitative estimate of drug-likeness (QED) is 0.795. The van der Waals surface area contributed by atoms with Gasteiger partial charge in [-0.3, -0.25) is 4.79 Å². The molecule has 0 saturated carbocycles. The van der Waals surface area contributed by atoms with Gasteiger partial charge in [0.2, 0.25) is 10.0 Å². The van der Waals surface area contributed by atoms with Gasteiger partial charge in [0, 0.05) is 13.1 Å². The molecule has 0 unspecified atom stereocenters. The minimum Gasteiger partial charge on any atom is -0.466 e. The molecule has 0 bridgehead atoms. The third-order valence-electron chi connectivity index (χ3n) is 3.51. The summed E-state index contributed by atoms with van der Waals surface area (Å²) in [5.41, 5.74) is 0. The van der Waals surface area contributed by atoms with Crippen LogP contribution in [-0.4, -0.2) is 38.4 Å². The van der Waals surface area contributed by atoms with Crippen molar-refractivity contribution in [1.82, 2.24) is 4.31 Å². The van der Waals surface area contributed by atoms with Gasteiger partial charge in [-0.2, -0.15) is 4.31 Å². The molecule has 5 nitrogen and oxygen atoms in total. The second-order valence-electron chi connectivity index (χ2n) is 4.89. The third-order valence-corrected chi connectivity index (χ3v) is 5.40. The van der Waals surface area contributed by atoms with Crippen LogP contribution in [0.25, 0.3) is 0 Å². The van der Waals surface area contributed by atoms with Crippen LogP contribution < -0.4 is 0 Å². The van der Waals surface area contributed by atoms with Crippen molar-refractivity contribution in [2.24, 2.45) is 5.92 Å². The summed E-state index contributed by atoms with van der Waals surface area (Å²) < 4.78 is 44.2. The van der Waals surface area contributed by atoms with Crippen molar-refractivity contribution >= 4 is 16.0 Å². The average Bonchev–Trinajstić information content (AvgIpc) is 2.47. The summed E-state index contributed by atoms with van der Waals surface area (Å²) in [6.07, 6.45) is 0.848. The fraction of sp³-hybridized carbons (Fsp3) is 0.500. The van der Waals surface area contributed by atoms with Crippen LogP contribution in [0.2, 0.25) is 0 Å². The van der Waals surface area contributed by atoms with Crippen LogP contribution >= 0.6 is 0 Å². The number of ether oxygens (including phenoxy) is 1. The Balaban J connectivity index is 2.06. The maximum Gasteiger partial charge on any atom is 0.309 e. The molecule has 0 N–H and O–H groups in total. The summed E-state index contributed by atoms with van der Waals surface area (Å²) in [5, 5.41) is 0. The number of carbonyl (C=O) groups excluding carboxylic acids is 1. The Morgan fingerprint density at radius 1 is 1.38 bits per heavy atom. The van der Waals surface area contributed by atoms with Crippen molar-refractivity contribution in [3.8, 4) is 0 Å². The van der Waals surface area contributed by atoms with Gasteiger partial charge in [-0.25, -0.2) is 12.8 Å². The van der Waals surface area contributed by atoms with Gasteiger partial charge in [0.15, 0.2) is 0 Å². The van der Waals surface area contributed by atoms with Gasteiger partial charge in [-0.15, -0.1) is 0 Å². The molecule has 7 heteroatoms. The SMILES string of the molecule is CCOC(=O)C1CCN(S(=O)(=O)c2cccc(F)c2)CC1. The first-order valence-corrected chi connectivity index (χ1v) is 8.31. The normalized spacial score (nSPS) is 17.6. The number of rotatable bonds is 4. The number of benzene rings is 1. The number of hydrogen-bond donors (Lipinski definition) is 0. The van der Waals surface area contributed by atoms with E-state index in [0.29, 0.717) is 19.4 Å². The highest BCUT2D eigenvalue weighted by Gasteiger charge is 2.32. The first-order valence-electron chi connectivity index (χ1n) is 6.87. The molecule has 0 aromatic heterocycles. The molecule has 0 amide bonds. The Kier molecular flexibility index (Phi) is 4.95. The van der Waals surface area contributed by atoms with Crippen molar-refractivity contribution in [2.75, 3.05) is 19.7 Å². The summed E-state index contributed by atoms with van der Waals surface area (Å²) >= 11 is 0. The molecule has 0 atom stereocenters. The fourth-order valence-corrected chi connectivity index (χ4v) is 3.87. The van der Waals surface area contributed by atoms with Crippen LogP contribution in [0.4, 0.5) is 4.39 Å². The average molecular weight is 315 g/mol. The maximum atomic E-state index is 13.2. The van der Waals surface area contributed by atoms with Gasteiger partial charge in [-0.05, 0) is 38.0 Å².